The molecule has 7 heteroatoms. The molecule has 0 aliphatic carbocycles. The first kappa shape index (κ1) is 20.8. The highest BCUT2D eigenvalue weighted by Crippen LogP contribution is 2.20. The van der Waals surface area contributed by atoms with Gasteiger partial charge >= 0.3 is 6.18 Å². The maximum absolute atomic E-state index is 12.8. The van der Waals surface area contributed by atoms with E-state index in [1.165, 1.54) is 0 Å². The fourth-order valence-electron chi connectivity index (χ4n) is 2.82. The average Bonchev–Trinajstić information content (AvgIpc) is 2.52. The van der Waals surface area contributed by atoms with Gasteiger partial charge in [0.05, 0.1) is 5.92 Å². The SMILES string of the molecule is Cc1ccc(CCN(CC(F)(F)F)C(=O)C2CCCNC2)cc1.Cl. The van der Waals surface area contributed by atoms with E-state index in [1.807, 2.05) is 31.2 Å². The van der Waals surface area contributed by atoms with E-state index >= 15 is 0 Å². The molecule has 2 rings (SSSR count). The zero-order valence-electron chi connectivity index (χ0n) is 13.7. The number of hydrogen-bond donors (Lipinski definition) is 1. The third kappa shape index (κ3) is 6.69. The van der Waals surface area contributed by atoms with E-state index in [0.29, 0.717) is 19.4 Å². The third-order valence-corrected chi connectivity index (χ3v) is 4.12. The number of hydrogen-bond acceptors (Lipinski definition) is 2. The molecule has 0 radical (unpaired) electrons. The summed E-state index contributed by atoms with van der Waals surface area (Å²) in [5.74, 6) is -0.731. The molecule has 0 bridgehead atoms. The maximum atomic E-state index is 12.8. The predicted octanol–water partition coefficient (Wildman–Crippen LogP) is 3.35. The van der Waals surface area contributed by atoms with E-state index in [1.54, 1.807) is 0 Å². The summed E-state index contributed by atoms with van der Waals surface area (Å²) in [6, 6.07) is 7.65. The monoisotopic (exact) mass is 364 g/mol. The summed E-state index contributed by atoms with van der Waals surface area (Å²) in [7, 11) is 0. The number of piperidine rings is 1. The van der Waals surface area contributed by atoms with Crippen LogP contribution in [0, 0.1) is 12.8 Å². The second-order valence-electron chi connectivity index (χ2n) is 6.15. The Hall–Kier alpha value is -1.27. The Bertz CT molecular complexity index is 514. The lowest BCUT2D eigenvalue weighted by Gasteiger charge is -2.30. The van der Waals surface area contributed by atoms with Crippen molar-refractivity contribution in [3.05, 3.63) is 35.4 Å². The van der Waals surface area contributed by atoms with Crippen LogP contribution in [-0.4, -0.2) is 43.2 Å². The van der Waals surface area contributed by atoms with Crippen LogP contribution in [0.1, 0.15) is 24.0 Å². The Labute approximate surface area is 147 Å². The second kappa shape index (κ2) is 9.28. The minimum Gasteiger partial charge on any atom is -0.333 e. The molecule has 1 atom stereocenters. The normalized spacial score (nSPS) is 17.9. The van der Waals surface area contributed by atoms with E-state index in [2.05, 4.69) is 5.32 Å². The zero-order chi connectivity index (χ0) is 16.9. The number of carbonyl (C=O) groups is 1. The number of nitrogens with zero attached hydrogens (tertiary/aromatic N) is 1. The van der Waals surface area contributed by atoms with Gasteiger partial charge in [-0.1, -0.05) is 29.8 Å². The van der Waals surface area contributed by atoms with Crippen molar-refractivity contribution in [1.82, 2.24) is 10.2 Å². The Morgan fingerprint density at radius 2 is 1.96 bits per heavy atom. The van der Waals surface area contributed by atoms with Gasteiger partial charge in [0.25, 0.3) is 0 Å². The molecule has 1 saturated heterocycles. The van der Waals surface area contributed by atoms with E-state index in [-0.39, 0.29) is 30.8 Å². The largest absolute Gasteiger partial charge is 0.406 e. The number of rotatable bonds is 5. The summed E-state index contributed by atoms with van der Waals surface area (Å²) in [5, 5.41) is 3.08. The van der Waals surface area contributed by atoms with Crippen LogP contribution in [-0.2, 0) is 11.2 Å². The van der Waals surface area contributed by atoms with Crippen LogP contribution in [0.25, 0.3) is 0 Å². The molecule has 0 aromatic heterocycles. The summed E-state index contributed by atoms with van der Waals surface area (Å²) in [5.41, 5.74) is 2.04. The smallest absolute Gasteiger partial charge is 0.333 e. The maximum Gasteiger partial charge on any atom is 0.406 e. The lowest BCUT2D eigenvalue weighted by atomic mass is 9.97. The van der Waals surface area contributed by atoms with Gasteiger partial charge in [-0.3, -0.25) is 4.79 Å². The van der Waals surface area contributed by atoms with Crippen LogP contribution in [0.4, 0.5) is 13.2 Å². The molecule has 24 heavy (non-hydrogen) atoms. The van der Waals surface area contributed by atoms with E-state index < -0.39 is 12.7 Å². The number of alkyl halides is 3. The average molecular weight is 365 g/mol. The van der Waals surface area contributed by atoms with Crippen LogP contribution in [0.5, 0.6) is 0 Å². The van der Waals surface area contributed by atoms with Crippen molar-refractivity contribution in [3.8, 4) is 0 Å². The molecule has 1 aromatic rings. The third-order valence-electron chi connectivity index (χ3n) is 4.12. The van der Waals surface area contributed by atoms with Crippen molar-refractivity contribution in [2.24, 2.45) is 5.92 Å². The molecule has 1 amide bonds. The van der Waals surface area contributed by atoms with Crippen LogP contribution in [0.15, 0.2) is 24.3 Å². The molecule has 1 aliphatic heterocycles. The number of amides is 1. The predicted molar refractivity (Wildman–Crippen MR) is 90.4 cm³/mol. The molecule has 1 heterocycles. The van der Waals surface area contributed by atoms with Gasteiger partial charge in [0.15, 0.2) is 0 Å². The molecular formula is C17H24ClF3N2O. The van der Waals surface area contributed by atoms with Gasteiger partial charge in [0, 0.05) is 13.1 Å². The van der Waals surface area contributed by atoms with Crippen LogP contribution < -0.4 is 5.32 Å². The second-order valence-corrected chi connectivity index (χ2v) is 6.15. The minimum atomic E-state index is -4.37. The summed E-state index contributed by atoms with van der Waals surface area (Å²) in [6.45, 7) is 2.18. The molecule has 1 unspecified atom stereocenters. The molecule has 136 valence electrons. The lowest BCUT2D eigenvalue weighted by Crippen LogP contribution is -2.47. The number of carbonyl (C=O) groups excluding carboxylic acids is 1. The molecule has 1 aliphatic rings. The van der Waals surface area contributed by atoms with E-state index in [4.69, 9.17) is 0 Å². The summed E-state index contributed by atoms with van der Waals surface area (Å²) >= 11 is 0. The first-order chi connectivity index (χ1) is 10.8. The summed E-state index contributed by atoms with van der Waals surface area (Å²) in [4.78, 5) is 13.4. The highest BCUT2D eigenvalue weighted by molar-refractivity contribution is 5.85. The van der Waals surface area contributed by atoms with Gasteiger partial charge < -0.3 is 10.2 Å². The fraction of sp³-hybridized carbons (Fsp3) is 0.588. The van der Waals surface area contributed by atoms with Gasteiger partial charge in [-0.15, -0.1) is 12.4 Å². The Balaban J connectivity index is 0.00000288. The van der Waals surface area contributed by atoms with E-state index in [9.17, 15) is 18.0 Å². The van der Waals surface area contributed by atoms with Gasteiger partial charge in [-0.2, -0.15) is 13.2 Å². The molecule has 0 saturated carbocycles. The molecule has 1 aromatic carbocycles. The Morgan fingerprint density at radius 1 is 1.29 bits per heavy atom. The van der Waals surface area contributed by atoms with Crippen LogP contribution in [0.2, 0.25) is 0 Å². The standard InChI is InChI=1S/C17H23F3N2O.ClH/c1-13-4-6-14(7-5-13)8-10-22(12-17(18,19)20)16(23)15-3-2-9-21-11-15;/h4-7,15,21H,2-3,8-12H2,1H3;1H. The van der Waals surface area contributed by atoms with Gasteiger partial charge in [0.1, 0.15) is 6.54 Å². The number of benzene rings is 1. The number of nitrogens with one attached hydrogen (secondary N) is 1. The van der Waals surface area contributed by atoms with Crippen LogP contribution in [0.3, 0.4) is 0 Å². The summed E-state index contributed by atoms with van der Waals surface area (Å²) < 4.78 is 38.4. The number of halogens is 4. The molecule has 1 N–H and O–H groups in total. The molecular weight excluding hydrogens is 341 g/mol. The quantitative estimate of drug-likeness (QED) is 0.869. The van der Waals surface area contributed by atoms with Crippen molar-refractivity contribution in [2.45, 2.75) is 32.4 Å². The Morgan fingerprint density at radius 3 is 2.50 bits per heavy atom. The summed E-state index contributed by atoms with van der Waals surface area (Å²) in [6.07, 6.45) is -2.45. The zero-order valence-corrected chi connectivity index (χ0v) is 14.6. The first-order valence-corrected chi connectivity index (χ1v) is 7.97. The van der Waals surface area contributed by atoms with E-state index in [0.717, 1.165) is 29.0 Å². The highest BCUT2D eigenvalue weighted by Gasteiger charge is 2.35. The van der Waals surface area contributed by atoms with Crippen LogP contribution >= 0.6 is 12.4 Å². The van der Waals surface area contributed by atoms with Crippen molar-refractivity contribution >= 4 is 18.3 Å². The van der Waals surface area contributed by atoms with Crippen molar-refractivity contribution in [2.75, 3.05) is 26.2 Å². The first-order valence-electron chi connectivity index (χ1n) is 7.97. The van der Waals surface area contributed by atoms with Crippen molar-refractivity contribution in [3.63, 3.8) is 0 Å². The number of aryl methyl sites for hydroxylation is 1. The van der Waals surface area contributed by atoms with Gasteiger partial charge in [-0.05, 0) is 38.3 Å². The fourth-order valence-corrected chi connectivity index (χ4v) is 2.82. The molecule has 3 nitrogen and oxygen atoms in total. The van der Waals surface area contributed by atoms with Crippen molar-refractivity contribution in [1.29, 1.82) is 0 Å². The van der Waals surface area contributed by atoms with Crippen molar-refractivity contribution < 1.29 is 18.0 Å². The van der Waals surface area contributed by atoms with Gasteiger partial charge in [0.2, 0.25) is 5.91 Å². The highest BCUT2D eigenvalue weighted by atomic mass is 35.5. The minimum absolute atomic E-state index is 0. The lowest BCUT2D eigenvalue weighted by molar-refractivity contribution is -0.164. The molecule has 1 fully saturated rings. The van der Waals surface area contributed by atoms with Gasteiger partial charge in [-0.25, -0.2) is 0 Å². The topological polar surface area (TPSA) is 32.3 Å². The molecule has 0 spiro atoms. The Kier molecular flexibility index (Phi) is 8.03.